The van der Waals surface area contributed by atoms with Gasteiger partial charge in [0.25, 0.3) is 0 Å². The molecule has 0 aliphatic rings. The first-order chi connectivity index (χ1) is 8.80. The van der Waals surface area contributed by atoms with E-state index in [1.165, 1.54) is 6.07 Å². The molecule has 0 heterocycles. The number of alkyl halides is 7. The van der Waals surface area contributed by atoms with E-state index in [2.05, 4.69) is 31.9 Å². The smallest absolute Gasteiger partial charge is 0.228 e. The molecule has 1 rings (SSSR count). The Kier molecular flexibility index (Phi) is 4.85. The molecule has 0 radical (unpaired) electrons. The lowest BCUT2D eigenvalue weighted by molar-refractivity contribution is -0.303. The van der Waals surface area contributed by atoms with Crippen LogP contribution in [0.25, 0.3) is 0 Å². The maximum Gasteiger partial charge on any atom is 0.427 e. The molecule has 0 aromatic heterocycles. The van der Waals surface area contributed by atoms with Gasteiger partial charge in [-0.05, 0) is 25.1 Å². The molecule has 0 N–H and O–H groups in total. The van der Waals surface area contributed by atoms with Gasteiger partial charge >= 0.3 is 12.4 Å². The van der Waals surface area contributed by atoms with Crippen LogP contribution in [0.15, 0.2) is 27.1 Å². The zero-order valence-electron chi connectivity index (χ0n) is 9.71. The summed E-state index contributed by atoms with van der Waals surface area (Å²) in [6.07, 6.45) is -11.0. The maximum absolute atomic E-state index is 14.4. The molecular weight excluding hydrogens is 425 g/mol. The lowest BCUT2D eigenvalue weighted by atomic mass is 9.83. The summed E-state index contributed by atoms with van der Waals surface area (Å²) in [5.74, 6) is -3.24. The molecule has 0 saturated carbocycles. The van der Waals surface area contributed by atoms with Crippen LogP contribution in [0.2, 0.25) is 0 Å². The Labute approximate surface area is 126 Å². The van der Waals surface area contributed by atoms with Crippen molar-refractivity contribution in [2.24, 2.45) is 5.92 Å². The summed E-state index contributed by atoms with van der Waals surface area (Å²) in [6.45, 7) is 0.169. The van der Waals surface area contributed by atoms with Gasteiger partial charge in [0.15, 0.2) is 0 Å². The third-order valence-corrected chi connectivity index (χ3v) is 3.70. The second-order valence-corrected chi connectivity index (χ2v) is 5.96. The van der Waals surface area contributed by atoms with Crippen LogP contribution in [0.4, 0.5) is 30.7 Å². The molecule has 0 saturated heterocycles. The van der Waals surface area contributed by atoms with Gasteiger partial charge in [-0.1, -0.05) is 31.9 Å². The monoisotopic (exact) mass is 430 g/mol. The van der Waals surface area contributed by atoms with E-state index < -0.39 is 29.5 Å². The Hall–Kier alpha value is -0.310. The molecule has 2 unspecified atom stereocenters. The van der Waals surface area contributed by atoms with Gasteiger partial charge in [0, 0.05) is 14.5 Å². The Balaban J connectivity index is 3.55. The topological polar surface area (TPSA) is 0 Å². The highest BCUT2D eigenvalue weighted by Crippen LogP contribution is 2.53. The SMILES string of the molecule is CC(C(F)(F)F)C(F)(c1cc(Br)cc(Br)c1)C(F)(F)F. The summed E-state index contributed by atoms with van der Waals surface area (Å²) in [6, 6.07) is 2.65. The van der Waals surface area contributed by atoms with Crippen molar-refractivity contribution in [3.8, 4) is 0 Å². The van der Waals surface area contributed by atoms with Gasteiger partial charge in [0.05, 0.1) is 5.92 Å². The van der Waals surface area contributed by atoms with Gasteiger partial charge in [-0.3, -0.25) is 0 Å². The van der Waals surface area contributed by atoms with Crippen LogP contribution in [0.5, 0.6) is 0 Å². The molecule has 0 nitrogen and oxygen atoms in total. The van der Waals surface area contributed by atoms with E-state index in [9.17, 15) is 30.7 Å². The van der Waals surface area contributed by atoms with Crippen LogP contribution < -0.4 is 0 Å². The molecule has 0 spiro atoms. The number of halogens is 9. The first-order valence-corrected chi connectivity index (χ1v) is 6.67. The van der Waals surface area contributed by atoms with Crippen molar-refractivity contribution >= 4 is 31.9 Å². The van der Waals surface area contributed by atoms with Crippen LogP contribution in [-0.2, 0) is 5.67 Å². The standard InChI is InChI=1S/C11H7Br2F7/c1-5(10(15,16)17)9(14,11(18,19)20)6-2-7(12)4-8(13)3-6/h2-5H,1H3. The van der Waals surface area contributed by atoms with Crippen molar-refractivity contribution < 1.29 is 30.7 Å². The van der Waals surface area contributed by atoms with E-state index in [1.54, 1.807) is 0 Å². The van der Waals surface area contributed by atoms with Crippen molar-refractivity contribution in [2.75, 3.05) is 0 Å². The molecule has 20 heavy (non-hydrogen) atoms. The third kappa shape index (κ3) is 3.29. The highest BCUT2D eigenvalue weighted by molar-refractivity contribution is 9.11. The quantitative estimate of drug-likeness (QED) is 0.493. The molecule has 9 heteroatoms. The van der Waals surface area contributed by atoms with Gasteiger partial charge in [0.2, 0.25) is 5.67 Å². The van der Waals surface area contributed by atoms with E-state index in [4.69, 9.17) is 0 Å². The first kappa shape index (κ1) is 17.7. The molecule has 0 aliphatic carbocycles. The second-order valence-electron chi connectivity index (χ2n) is 4.13. The zero-order chi connectivity index (χ0) is 15.9. The molecule has 0 fully saturated rings. The Bertz CT molecular complexity index is 474. The summed E-state index contributed by atoms with van der Waals surface area (Å²) < 4.78 is 91.0. The average molecular weight is 432 g/mol. The molecule has 1 aromatic rings. The van der Waals surface area contributed by atoms with Crippen LogP contribution >= 0.6 is 31.9 Å². The maximum atomic E-state index is 14.4. The second kappa shape index (κ2) is 5.47. The van der Waals surface area contributed by atoms with E-state index in [1.807, 2.05) is 0 Å². The summed E-state index contributed by atoms with van der Waals surface area (Å²) in [4.78, 5) is 0. The number of benzene rings is 1. The minimum absolute atomic E-state index is 0.0301. The predicted molar refractivity (Wildman–Crippen MR) is 65.9 cm³/mol. The Morgan fingerprint density at radius 1 is 0.850 bits per heavy atom. The van der Waals surface area contributed by atoms with Gasteiger partial charge in [0.1, 0.15) is 0 Å². The lowest BCUT2D eigenvalue weighted by Gasteiger charge is -2.35. The summed E-state index contributed by atoms with van der Waals surface area (Å²) in [5, 5.41) is 0. The molecular formula is C11H7Br2F7. The molecule has 1 aromatic carbocycles. The lowest BCUT2D eigenvalue weighted by Crippen LogP contribution is -2.49. The van der Waals surface area contributed by atoms with Crippen LogP contribution in [0.3, 0.4) is 0 Å². The molecule has 0 bridgehead atoms. The van der Waals surface area contributed by atoms with Crippen LogP contribution in [-0.4, -0.2) is 12.4 Å². The largest absolute Gasteiger partial charge is 0.427 e. The van der Waals surface area contributed by atoms with E-state index in [0.29, 0.717) is 12.1 Å². The highest BCUT2D eigenvalue weighted by Gasteiger charge is 2.67. The average Bonchev–Trinajstić information content (AvgIpc) is 2.22. The van der Waals surface area contributed by atoms with Crippen molar-refractivity contribution in [3.63, 3.8) is 0 Å². The Morgan fingerprint density at radius 2 is 1.25 bits per heavy atom. The number of hydrogen-bond acceptors (Lipinski definition) is 0. The minimum atomic E-state index is -5.71. The Morgan fingerprint density at radius 3 is 1.55 bits per heavy atom. The van der Waals surface area contributed by atoms with Crippen LogP contribution in [0, 0.1) is 5.92 Å². The van der Waals surface area contributed by atoms with E-state index >= 15 is 0 Å². The zero-order valence-corrected chi connectivity index (χ0v) is 12.9. The molecule has 114 valence electrons. The van der Waals surface area contributed by atoms with Gasteiger partial charge in [-0.15, -0.1) is 0 Å². The van der Waals surface area contributed by atoms with Gasteiger partial charge in [-0.25, -0.2) is 4.39 Å². The van der Waals surface area contributed by atoms with Gasteiger partial charge in [-0.2, -0.15) is 26.3 Å². The molecule has 2 atom stereocenters. The summed E-state index contributed by atoms with van der Waals surface area (Å²) in [5.41, 5.74) is -5.64. The third-order valence-electron chi connectivity index (χ3n) is 2.78. The molecule has 0 aliphatic heterocycles. The van der Waals surface area contributed by atoms with Crippen LogP contribution in [0.1, 0.15) is 12.5 Å². The number of hydrogen-bond donors (Lipinski definition) is 0. The van der Waals surface area contributed by atoms with Crippen molar-refractivity contribution in [2.45, 2.75) is 24.9 Å². The summed E-state index contributed by atoms with van der Waals surface area (Å²) in [7, 11) is 0. The molecule has 0 amide bonds. The fourth-order valence-corrected chi connectivity index (χ4v) is 2.94. The van der Waals surface area contributed by atoms with Crippen molar-refractivity contribution in [1.29, 1.82) is 0 Å². The minimum Gasteiger partial charge on any atom is -0.228 e. The number of rotatable bonds is 2. The highest BCUT2D eigenvalue weighted by atomic mass is 79.9. The first-order valence-electron chi connectivity index (χ1n) is 5.09. The van der Waals surface area contributed by atoms with Crippen molar-refractivity contribution in [1.82, 2.24) is 0 Å². The predicted octanol–water partition coefficient (Wildman–Crippen LogP) is 6.14. The fraction of sp³-hybridized carbons (Fsp3) is 0.455. The normalized spacial score (nSPS) is 17.7. The van der Waals surface area contributed by atoms with Gasteiger partial charge < -0.3 is 0 Å². The van der Waals surface area contributed by atoms with Crippen molar-refractivity contribution in [3.05, 3.63) is 32.7 Å². The van der Waals surface area contributed by atoms with E-state index in [0.717, 1.165) is 0 Å². The fourth-order valence-electron chi connectivity index (χ4n) is 1.65. The van der Waals surface area contributed by atoms with E-state index in [-0.39, 0.29) is 15.9 Å². The summed E-state index contributed by atoms with van der Waals surface area (Å²) >= 11 is 5.65.